The monoisotopic (exact) mass is 406 g/mol. The van der Waals surface area contributed by atoms with Crippen LogP contribution >= 0.6 is 0 Å². The normalized spacial score (nSPS) is 14.0. The largest absolute Gasteiger partial charge is 0.0728 e. The summed E-state index contributed by atoms with van der Waals surface area (Å²) in [7, 11) is 0. The first-order valence-electron chi connectivity index (χ1n) is 11.3. The van der Waals surface area contributed by atoms with Crippen molar-refractivity contribution in [3.8, 4) is 33.4 Å². The predicted molar refractivity (Wildman–Crippen MR) is 133 cm³/mol. The molecule has 0 saturated heterocycles. The molecule has 1 spiro atoms. The molecule has 150 valence electrons. The maximum Gasteiger partial charge on any atom is 0.0728 e. The molecule has 2 aliphatic carbocycles. The van der Waals surface area contributed by atoms with E-state index in [2.05, 4.69) is 122 Å². The van der Waals surface area contributed by atoms with Gasteiger partial charge >= 0.3 is 0 Å². The van der Waals surface area contributed by atoms with E-state index in [1.54, 1.807) is 0 Å². The van der Waals surface area contributed by atoms with Crippen LogP contribution in [0.2, 0.25) is 0 Å². The third-order valence-corrected chi connectivity index (χ3v) is 7.42. The first-order chi connectivity index (χ1) is 15.8. The van der Waals surface area contributed by atoms with Crippen molar-refractivity contribution in [1.82, 2.24) is 0 Å². The van der Waals surface area contributed by atoms with Gasteiger partial charge in [0.2, 0.25) is 0 Å². The van der Waals surface area contributed by atoms with E-state index in [1.807, 2.05) is 0 Å². The Hall–Kier alpha value is -3.90. The summed E-state index contributed by atoms with van der Waals surface area (Å²) in [6.07, 6.45) is 0. The Balaban J connectivity index is 1.71. The molecule has 0 saturated carbocycles. The van der Waals surface area contributed by atoms with Gasteiger partial charge in [0, 0.05) is 0 Å². The highest BCUT2D eigenvalue weighted by molar-refractivity contribution is 6.00. The molecule has 0 aliphatic heterocycles. The van der Waals surface area contributed by atoms with Gasteiger partial charge in [-0.15, -0.1) is 0 Å². The van der Waals surface area contributed by atoms with Gasteiger partial charge in [-0.1, -0.05) is 115 Å². The second-order valence-corrected chi connectivity index (χ2v) is 8.93. The van der Waals surface area contributed by atoms with Crippen LogP contribution in [0.15, 0.2) is 115 Å². The van der Waals surface area contributed by atoms with Gasteiger partial charge in [0.25, 0.3) is 0 Å². The Bertz CT molecular complexity index is 1480. The third kappa shape index (κ3) is 2.03. The van der Waals surface area contributed by atoms with Crippen molar-refractivity contribution in [3.05, 3.63) is 143 Å². The molecule has 0 heterocycles. The molecule has 32 heavy (non-hydrogen) atoms. The van der Waals surface area contributed by atoms with Gasteiger partial charge in [0.05, 0.1) is 5.41 Å². The minimum Gasteiger partial charge on any atom is -0.0622 e. The molecule has 0 atom stereocenters. The van der Waals surface area contributed by atoms with Crippen LogP contribution in [-0.2, 0) is 5.41 Å². The Kier molecular flexibility index (Phi) is 3.50. The average molecular weight is 407 g/mol. The van der Waals surface area contributed by atoms with Crippen LogP contribution in [0, 0.1) is 6.92 Å². The van der Waals surface area contributed by atoms with Gasteiger partial charge in [0.1, 0.15) is 0 Å². The second kappa shape index (κ2) is 6.31. The van der Waals surface area contributed by atoms with Crippen LogP contribution in [0.3, 0.4) is 0 Å². The molecular formula is C32H22. The van der Waals surface area contributed by atoms with E-state index in [4.69, 9.17) is 0 Å². The lowest BCUT2D eigenvalue weighted by atomic mass is 9.69. The van der Waals surface area contributed by atoms with Gasteiger partial charge in [-0.2, -0.15) is 0 Å². The van der Waals surface area contributed by atoms with Crippen LogP contribution in [0.1, 0.15) is 27.8 Å². The highest BCUT2D eigenvalue weighted by Crippen LogP contribution is 2.64. The molecule has 2 aliphatic rings. The molecule has 0 nitrogen and oxygen atoms in total. The second-order valence-electron chi connectivity index (χ2n) is 8.93. The number of fused-ring (bicyclic) bond motifs is 10. The summed E-state index contributed by atoms with van der Waals surface area (Å²) in [4.78, 5) is 0. The molecule has 0 heteroatoms. The standard InChI is InChI=1S/C32H22/c1-21-11-9-17-26-30-23(22-12-3-2-4-13-22)16-10-20-29(30)32(31(21)26)27-18-7-5-14-24(27)25-15-6-8-19-28(25)32/h2-20H,1H3. The van der Waals surface area contributed by atoms with Gasteiger partial charge in [-0.05, 0) is 68.1 Å². The van der Waals surface area contributed by atoms with Crippen molar-refractivity contribution in [2.45, 2.75) is 12.3 Å². The van der Waals surface area contributed by atoms with Crippen LogP contribution in [0.4, 0.5) is 0 Å². The minimum atomic E-state index is -0.270. The summed E-state index contributed by atoms with van der Waals surface area (Å²) in [5.41, 5.74) is 14.8. The topological polar surface area (TPSA) is 0 Å². The summed E-state index contributed by atoms with van der Waals surface area (Å²) < 4.78 is 0. The van der Waals surface area contributed by atoms with Crippen LogP contribution < -0.4 is 0 Å². The Morgan fingerprint density at radius 1 is 0.438 bits per heavy atom. The summed E-state index contributed by atoms with van der Waals surface area (Å²) >= 11 is 0. The number of hydrogen-bond donors (Lipinski definition) is 0. The molecular weight excluding hydrogens is 384 g/mol. The molecule has 0 amide bonds. The smallest absolute Gasteiger partial charge is 0.0622 e. The van der Waals surface area contributed by atoms with E-state index in [1.165, 1.54) is 61.2 Å². The zero-order valence-corrected chi connectivity index (χ0v) is 18.0. The fraction of sp³-hybridized carbons (Fsp3) is 0.0625. The maximum absolute atomic E-state index is 2.36. The fourth-order valence-corrected chi connectivity index (χ4v) is 6.32. The number of rotatable bonds is 1. The maximum atomic E-state index is 2.36. The summed E-state index contributed by atoms with van der Waals surface area (Å²) in [6.45, 7) is 2.28. The predicted octanol–water partition coefficient (Wildman–Crippen LogP) is 8.01. The van der Waals surface area contributed by atoms with Crippen molar-refractivity contribution < 1.29 is 0 Å². The summed E-state index contributed by atoms with van der Waals surface area (Å²) in [5, 5.41) is 0. The first kappa shape index (κ1) is 17.7. The molecule has 0 N–H and O–H groups in total. The van der Waals surface area contributed by atoms with E-state index < -0.39 is 0 Å². The van der Waals surface area contributed by atoms with Crippen molar-refractivity contribution in [2.75, 3.05) is 0 Å². The SMILES string of the molecule is Cc1cccc2c1C1(c3ccccc3-c3ccccc31)c1cccc(-c3ccccc3)c1-2. The zero-order valence-electron chi connectivity index (χ0n) is 18.0. The molecule has 0 aromatic heterocycles. The lowest BCUT2D eigenvalue weighted by Crippen LogP contribution is -2.26. The van der Waals surface area contributed by atoms with E-state index >= 15 is 0 Å². The molecule has 0 bridgehead atoms. The third-order valence-electron chi connectivity index (χ3n) is 7.42. The molecule has 7 rings (SSSR count). The number of aryl methyl sites for hydroxylation is 1. The number of hydrogen-bond acceptors (Lipinski definition) is 0. The van der Waals surface area contributed by atoms with Crippen LogP contribution in [0.25, 0.3) is 33.4 Å². The zero-order chi connectivity index (χ0) is 21.3. The fourth-order valence-electron chi connectivity index (χ4n) is 6.32. The van der Waals surface area contributed by atoms with Gasteiger partial charge in [-0.25, -0.2) is 0 Å². The number of benzene rings is 5. The van der Waals surface area contributed by atoms with E-state index in [9.17, 15) is 0 Å². The summed E-state index contributed by atoms with van der Waals surface area (Å²) in [5.74, 6) is 0. The Labute approximate surface area is 188 Å². The van der Waals surface area contributed by atoms with Crippen LogP contribution in [-0.4, -0.2) is 0 Å². The van der Waals surface area contributed by atoms with Gasteiger partial charge in [-0.3, -0.25) is 0 Å². The van der Waals surface area contributed by atoms with E-state index in [0.717, 1.165) is 0 Å². The van der Waals surface area contributed by atoms with Crippen molar-refractivity contribution in [3.63, 3.8) is 0 Å². The Morgan fingerprint density at radius 3 is 1.69 bits per heavy atom. The van der Waals surface area contributed by atoms with Crippen molar-refractivity contribution in [1.29, 1.82) is 0 Å². The molecule has 5 aromatic rings. The average Bonchev–Trinajstić information content (AvgIpc) is 3.33. The van der Waals surface area contributed by atoms with Gasteiger partial charge in [0.15, 0.2) is 0 Å². The van der Waals surface area contributed by atoms with Gasteiger partial charge < -0.3 is 0 Å². The molecule has 0 fully saturated rings. The lowest BCUT2D eigenvalue weighted by molar-refractivity contribution is 0.786. The Morgan fingerprint density at radius 2 is 0.969 bits per heavy atom. The van der Waals surface area contributed by atoms with E-state index in [-0.39, 0.29) is 5.41 Å². The highest BCUT2D eigenvalue weighted by Gasteiger charge is 2.52. The van der Waals surface area contributed by atoms with Crippen molar-refractivity contribution in [2.24, 2.45) is 0 Å². The summed E-state index contributed by atoms with van der Waals surface area (Å²) in [6, 6.07) is 42.5. The minimum absolute atomic E-state index is 0.270. The molecule has 5 aromatic carbocycles. The lowest BCUT2D eigenvalue weighted by Gasteiger charge is -2.31. The first-order valence-corrected chi connectivity index (χ1v) is 11.3. The van der Waals surface area contributed by atoms with Crippen LogP contribution in [0.5, 0.6) is 0 Å². The van der Waals surface area contributed by atoms with E-state index in [0.29, 0.717) is 0 Å². The quantitative estimate of drug-likeness (QED) is 0.259. The van der Waals surface area contributed by atoms with Crippen molar-refractivity contribution >= 4 is 0 Å². The molecule has 0 unspecified atom stereocenters. The molecule has 0 radical (unpaired) electrons. The highest BCUT2D eigenvalue weighted by atomic mass is 14.5.